The van der Waals surface area contributed by atoms with Gasteiger partial charge in [-0.3, -0.25) is 10.1 Å². The second-order valence-corrected chi connectivity index (χ2v) is 7.77. The van der Waals surface area contributed by atoms with Crippen LogP contribution in [0.1, 0.15) is 36.5 Å². The van der Waals surface area contributed by atoms with E-state index >= 15 is 0 Å². The topological polar surface area (TPSA) is 54.9 Å². The number of carbonyl (C=O) groups excluding carboxylic acids is 1. The lowest BCUT2D eigenvalue weighted by molar-refractivity contribution is 0.102. The minimum Gasteiger partial charge on any atom is -0.296 e. The molecule has 3 rings (SSSR count). The van der Waals surface area contributed by atoms with Crippen LogP contribution >= 0.6 is 22.7 Å². The highest BCUT2D eigenvalue weighted by Crippen LogP contribution is 2.25. The number of benzene rings is 1. The largest absolute Gasteiger partial charge is 0.296 e. The molecule has 2 aromatic heterocycles. The van der Waals surface area contributed by atoms with Gasteiger partial charge in [-0.15, -0.1) is 22.7 Å². The van der Waals surface area contributed by atoms with Gasteiger partial charge in [-0.1, -0.05) is 30.3 Å². The molecule has 0 atom stereocenters. The maximum absolute atomic E-state index is 12.6. The maximum atomic E-state index is 12.6. The van der Waals surface area contributed by atoms with Crippen molar-refractivity contribution in [3.8, 4) is 0 Å². The molecule has 0 saturated heterocycles. The first-order valence-electron chi connectivity index (χ1n) is 7.28. The standard InChI is InChI=1S/C17H17N3OS2/c1-10-11(2)22-17(18-10)20-16(21)15-14(23-12(3)19-15)9-13-7-5-4-6-8-13/h4-8H,9H2,1-3H3,(H,18,20,21). The van der Waals surface area contributed by atoms with E-state index in [1.54, 1.807) is 11.3 Å². The number of anilines is 1. The van der Waals surface area contributed by atoms with Crippen LogP contribution in [0, 0.1) is 20.8 Å². The van der Waals surface area contributed by atoms with Crippen LogP contribution in [0.25, 0.3) is 0 Å². The quantitative estimate of drug-likeness (QED) is 0.765. The summed E-state index contributed by atoms with van der Waals surface area (Å²) < 4.78 is 0. The lowest BCUT2D eigenvalue weighted by Crippen LogP contribution is -2.14. The van der Waals surface area contributed by atoms with Crippen molar-refractivity contribution in [1.82, 2.24) is 9.97 Å². The first-order valence-corrected chi connectivity index (χ1v) is 8.92. The molecule has 0 fully saturated rings. The van der Waals surface area contributed by atoms with Gasteiger partial charge in [0.25, 0.3) is 5.91 Å². The number of nitrogens with one attached hydrogen (secondary N) is 1. The van der Waals surface area contributed by atoms with Gasteiger partial charge in [0.05, 0.1) is 10.7 Å². The third-order valence-electron chi connectivity index (χ3n) is 3.48. The van der Waals surface area contributed by atoms with Gasteiger partial charge in [-0.25, -0.2) is 9.97 Å². The van der Waals surface area contributed by atoms with Crippen molar-refractivity contribution in [1.29, 1.82) is 0 Å². The van der Waals surface area contributed by atoms with Crippen molar-refractivity contribution < 1.29 is 4.79 Å². The molecular formula is C17H17N3OS2. The molecule has 0 bridgehead atoms. The Morgan fingerprint density at radius 2 is 1.83 bits per heavy atom. The van der Waals surface area contributed by atoms with Gasteiger partial charge < -0.3 is 0 Å². The van der Waals surface area contributed by atoms with Crippen molar-refractivity contribution in [2.75, 3.05) is 5.32 Å². The smallest absolute Gasteiger partial charge is 0.277 e. The summed E-state index contributed by atoms with van der Waals surface area (Å²) in [7, 11) is 0. The molecule has 0 aliphatic heterocycles. The molecule has 1 amide bonds. The van der Waals surface area contributed by atoms with Crippen molar-refractivity contribution in [3.63, 3.8) is 0 Å². The highest BCUT2D eigenvalue weighted by atomic mass is 32.1. The number of aromatic nitrogens is 2. The summed E-state index contributed by atoms with van der Waals surface area (Å²) in [4.78, 5) is 23.4. The summed E-state index contributed by atoms with van der Waals surface area (Å²) in [6.07, 6.45) is 0.713. The van der Waals surface area contributed by atoms with Gasteiger partial charge in [-0.05, 0) is 26.3 Å². The predicted molar refractivity (Wildman–Crippen MR) is 95.6 cm³/mol. The van der Waals surface area contributed by atoms with Crippen LogP contribution in [0.2, 0.25) is 0 Å². The van der Waals surface area contributed by atoms with E-state index in [4.69, 9.17) is 0 Å². The summed E-state index contributed by atoms with van der Waals surface area (Å²) in [6.45, 7) is 5.86. The Kier molecular flexibility index (Phi) is 4.54. The van der Waals surface area contributed by atoms with Crippen LogP contribution in [0.15, 0.2) is 30.3 Å². The van der Waals surface area contributed by atoms with Crippen molar-refractivity contribution in [2.45, 2.75) is 27.2 Å². The molecular weight excluding hydrogens is 326 g/mol. The van der Waals surface area contributed by atoms with Crippen LogP contribution in [0.3, 0.4) is 0 Å². The minimum atomic E-state index is -0.186. The molecule has 3 aromatic rings. The molecule has 0 aliphatic carbocycles. The summed E-state index contributed by atoms with van der Waals surface area (Å²) in [6, 6.07) is 10.1. The minimum absolute atomic E-state index is 0.186. The second-order valence-electron chi connectivity index (χ2n) is 5.28. The van der Waals surface area contributed by atoms with Gasteiger partial charge in [0.2, 0.25) is 0 Å². The lowest BCUT2D eigenvalue weighted by Gasteiger charge is -2.03. The predicted octanol–water partition coefficient (Wildman–Crippen LogP) is 4.37. The number of amides is 1. The van der Waals surface area contributed by atoms with Crippen LogP contribution in [0.5, 0.6) is 0 Å². The number of hydrogen-bond acceptors (Lipinski definition) is 5. The molecule has 23 heavy (non-hydrogen) atoms. The van der Waals surface area contributed by atoms with Crippen molar-refractivity contribution in [2.24, 2.45) is 0 Å². The maximum Gasteiger partial charge on any atom is 0.277 e. The third-order valence-corrected chi connectivity index (χ3v) is 5.43. The Hall–Kier alpha value is -2.05. The molecule has 0 unspecified atom stereocenters. The molecule has 0 saturated carbocycles. The summed E-state index contributed by atoms with van der Waals surface area (Å²) in [5.74, 6) is -0.186. The monoisotopic (exact) mass is 343 g/mol. The van der Waals surface area contributed by atoms with Gasteiger partial charge in [0, 0.05) is 16.2 Å². The van der Waals surface area contributed by atoms with Crippen molar-refractivity contribution >= 4 is 33.7 Å². The van der Waals surface area contributed by atoms with E-state index in [-0.39, 0.29) is 5.91 Å². The second kappa shape index (κ2) is 6.60. The Bertz CT molecular complexity index is 817. The van der Waals surface area contributed by atoms with E-state index in [0.717, 1.165) is 20.5 Å². The molecule has 6 heteroatoms. The normalized spacial score (nSPS) is 10.7. The average Bonchev–Trinajstić information content (AvgIpc) is 3.03. The molecule has 0 radical (unpaired) electrons. The Morgan fingerprint density at radius 1 is 1.09 bits per heavy atom. The van der Waals surface area contributed by atoms with E-state index in [1.807, 2.05) is 39.0 Å². The summed E-state index contributed by atoms with van der Waals surface area (Å²) >= 11 is 3.05. The molecule has 4 nitrogen and oxygen atoms in total. The van der Waals surface area contributed by atoms with Crippen LogP contribution < -0.4 is 5.32 Å². The number of nitrogens with zero attached hydrogens (tertiary/aromatic N) is 2. The summed E-state index contributed by atoms with van der Waals surface area (Å²) in [5, 5.41) is 4.39. The average molecular weight is 343 g/mol. The zero-order valence-corrected chi connectivity index (χ0v) is 14.8. The fraction of sp³-hybridized carbons (Fsp3) is 0.235. The highest BCUT2D eigenvalue weighted by molar-refractivity contribution is 7.15. The zero-order chi connectivity index (χ0) is 16.4. The van der Waals surface area contributed by atoms with Crippen LogP contribution in [-0.2, 0) is 6.42 Å². The van der Waals surface area contributed by atoms with Gasteiger partial charge >= 0.3 is 0 Å². The molecule has 1 aromatic carbocycles. The SMILES string of the molecule is Cc1nc(C(=O)Nc2nc(C)c(C)s2)c(Cc2ccccc2)s1. The first-order chi connectivity index (χ1) is 11.0. The molecule has 1 N–H and O–H groups in total. The fourth-order valence-electron chi connectivity index (χ4n) is 2.23. The Labute approximate surface area is 143 Å². The number of aryl methyl sites for hydroxylation is 3. The lowest BCUT2D eigenvalue weighted by atomic mass is 10.1. The van der Waals surface area contributed by atoms with Gasteiger partial charge in [-0.2, -0.15) is 0 Å². The zero-order valence-electron chi connectivity index (χ0n) is 13.2. The molecule has 0 aliphatic rings. The van der Waals surface area contributed by atoms with E-state index in [0.29, 0.717) is 17.2 Å². The summed E-state index contributed by atoms with van der Waals surface area (Å²) in [5.41, 5.74) is 2.62. The number of carbonyl (C=O) groups is 1. The third kappa shape index (κ3) is 3.65. The van der Waals surface area contributed by atoms with Gasteiger partial charge in [0.15, 0.2) is 5.13 Å². The van der Waals surface area contributed by atoms with Crippen molar-refractivity contribution in [3.05, 3.63) is 62.0 Å². The molecule has 118 valence electrons. The van der Waals surface area contributed by atoms with Crippen LogP contribution in [-0.4, -0.2) is 15.9 Å². The fourth-order valence-corrected chi connectivity index (χ4v) is 4.01. The van der Waals surface area contributed by atoms with Gasteiger partial charge in [0.1, 0.15) is 5.69 Å². The first kappa shape index (κ1) is 15.8. The number of thiazole rings is 2. The molecule has 0 spiro atoms. The van der Waals surface area contributed by atoms with E-state index in [9.17, 15) is 4.79 Å². The Balaban J connectivity index is 1.83. The highest BCUT2D eigenvalue weighted by Gasteiger charge is 2.18. The van der Waals surface area contributed by atoms with Crippen LogP contribution in [0.4, 0.5) is 5.13 Å². The number of hydrogen-bond donors (Lipinski definition) is 1. The van der Waals surface area contributed by atoms with E-state index < -0.39 is 0 Å². The van der Waals surface area contributed by atoms with E-state index in [1.165, 1.54) is 16.9 Å². The number of rotatable bonds is 4. The van der Waals surface area contributed by atoms with E-state index in [2.05, 4.69) is 27.4 Å². The molecule has 2 heterocycles. The Morgan fingerprint density at radius 3 is 2.48 bits per heavy atom.